The molecule has 3 aromatic rings. The molecule has 1 atom stereocenters. The topological polar surface area (TPSA) is 60.9 Å². The highest BCUT2D eigenvalue weighted by atomic mass is 32.2. The fourth-order valence-electron chi connectivity index (χ4n) is 3.23. The first-order chi connectivity index (χ1) is 13.5. The van der Waals surface area contributed by atoms with E-state index in [1.165, 1.54) is 4.31 Å². The maximum absolute atomic E-state index is 12.6. The van der Waals surface area contributed by atoms with Crippen molar-refractivity contribution in [3.63, 3.8) is 0 Å². The van der Waals surface area contributed by atoms with E-state index in [0.29, 0.717) is 24.3 Å². The molecule has 0 fully saturated rings. The molecule has 0 aliphatic rings. The van der Waals surface area contributed by atoms with Crippen LogP contribution in [0.15, 0.2) is 66.7 Å². The Balaban J connectivity index is 1.89. The fourth-order valence-corrected chi connectivity index (χ4v) is 3.78. The van der Waals surface area contributed by atoms with Gasteiger partial charge in [-0.25, -0.2) is 4.21 Å². The van der Waals surface area contributed by atoms with Gasteiger partial charge in [-0.3, -0.25) is 13.7 Å². The highest BCUT2D eigenvalue weighted by molar-refractivity contribution is 7.80. The van der Waals surface area contributed by atoms with Crippen molar-refractivity contribution < 1.29 is 13.6 Å². The number of hydrogen-bond acceptors (Lipinski definition) is 2. The number of nitrogens with zero attached hydrogens (tertiary/aromatic N) is 2. The zero-order chi connectivity index (χ0) is 20.1. The van der Waals surface area contributed by atoms with Gasteiger partial charge in [0.15, 0.2) is 0 Å². The van der Waals surface area contributed by atoms with Gasteiger partial charge in [0.05, 0.1) is 12.2 Å². The quantitative estimate of drug-likeness (QED) is 0.600. The predicted molar refractivity (Wildman–Crippen MR) is 115 cm³/mol. The number of fused-ring (bicyclic) bond motifs is 1. The third kappa shape index (κ3) is 4.40. The summed E-state index contributed by atoms with van der Waals surface area (Å²) < 4.78 is 23.3. The summed E-state index contributed by atoms with van der Waals surface area (Å²) in [4.78, 5) is 14.4. The third-order valence-electron chi connectivity index (χ3n) is 4.76. The molecular formula is C22H24N2O3S. The Kier molecular flexibility index (Phi) is 6.44. The molecule has 0 aliphatic heterocycles. The van der Waals surface area contributed by atoms with Gasteiger partial charge in [0, 0.05) is 18.7 Å². The summed E-state index contributed by atoms with van der Waals surface area (Å²) in [5.41, 5.74) is 2.04. The monoisotopic (exact) mass is 396 g/mol. The first-order valence-corrected chi connectivity index (χ1v) is 10.3. The number of anilines is 1. The van der Waals surface area contributed by atoms with Gasteiger partial charge >= 0.3 is 0 Å². The molecule has 1 unspecified atom stereocenters. The molecule has 0 saturated heterocycles. The molecule has 0 aromatic heterocycles. The first-order valence-electron chi connectivity index (χ1n) is 9.29. The van der Waals surface area contributed by atoms with E-state index in [0.717, 1.165) is 16.3 Å². The second-order valence-electron chi connectivity index (χ2n) is 6.48. The molecule has 0 aliphatic carbocycles. The molecule has 3 rings (SSSR count). The maximum Gasteiger partial charge on any atom is 0.262 e. The van der Waals surface area contributed by atoms with Crippen LogP contribution in [0.5, 0.6) is 0 Å². The Morgan fingerprint density at radius 2 is 1.64 bits per heavy atom. The van der Waals surface area contributed by atoms with Crippen LogP contribution in [0.3, 0.4) is 0 Å². The van der Waals surface area contributed by atoms with E-state index < -0.39 is 11.3 Å². The summed E-state index contributed by atoms with van der Waals surface area (Å²) in [6.07, 6.45) is 0. The van der Waals surface area contributed by atoms with Crippen LogP contribution in [0.4, 0.5) is 5.69 Å². The van der Waals surface area contributed by atoms with Gasteiger partial charge in [-0.05, 0) is 54.4 Å². The largest absolute Gasteiger partial charge is 0.339 e. The Bertz CT molecular complexity index is 1000. The highest BCUT2D eigenvalue weighted by Gasteiger charge is 2.16. The van der Waals surface area contributed by atoms with E-state index >= 15 is 0 Å². The lowest BCUT2D eigenvalue weighted by Crippen LogP contribution is -2.30. The van der Waals surface area contributed by atoms with E-state index in [4.69, 9.17) is 0 Å². The zero-order valence-corrected chi connectivity index (χ0v) is 16.9. The van der Waals surface area contributed by atoms with Crippen LogP contribution in [0.25, 0.3) is 10.8 Å². The van der Waals surface area contributed by atoms with E-state index in [-0.39, 0.29) is 12.5 Å². The number of carbonyl (C=O) groups excluding carboxylic acids is 1. The van der Waals surface area contributed by atoms with Crippen molar-refractivity contribution in [3.05, 3.63) is 77.9 Å². The normalized spacial score (nSPS) is 12.0. The van der Waals surface area contributed by atoms with E-state index in [2.05, 4.69) is 0 Å². The van der Waals surface area contributed by atoms with E-state index in [1.807, 2.05) is 68.4 Å². The molecule has 6 heteroatoms. The van der Waals surface area contributed by atoms with Gasteiger partial charge in [-0.1, -0.05) is 42.5 Å². The second kappa shape index (κ2) is 8.99. The van der Waals surface area contributed by atoms with Crippen molar-refractivity contribution in [3.8, 4) is 0 Å². The first kappa shape index (κ1) is 20.0. The molecule has 1 N–H and O–H groups in total. The van der Waals surface area contributed by atoms with E-state index in [9.17, 15) is 13.6 Å². The molecule has 5 nitrogen and oxygen atoms in total. The summed E-state index contributed by atoms with van der Waals surface area (Å²) >= 11 is -2.19. The summed E-state index contributed by atoms with van der Waals surface area (Å²) in [5.74, 6) is -0.0331. The summed E-state index contributed by atoms with van der Waals surface area (Å²) in [5, 5.41) is 2.07. The minimum atomic E-state index is -2.19. The minimum absolute atomic E-state index is 0.0331. The van der Waals surface area contributed by atoms with Crippen molar-refractivity contribution in [2.75, 3.05) is 17.4 Å². The van der Waals surface area contributed by atoms with Gasteiger partial charge in [-0.2, -0.15) is 0 Å². The molecule has 0 heterocycles. The van der Waals surface area contributed by atoms with Crippen LogP contribution in [-0.2, 0) is 17.8 Å². The Morgan fingerprint density at radius 1 is 0.929 bits per heavy atom. The molecule has 3 aromatic carbocycles. The molecular weight excluding hydrogens is 372 g/mol. The molecule has 146 valence electrons. The average Bonchev–Trinajstić information content (AvgIpc) is 2.72. The lowest BCUT2D eigenvalue weighted by atomic mass is 10.1. The number of amides is 1. The predicted octanol–water partition coefficient (Wildman–Crippen LogP) is 4.47. The maximum atomic E-state index is 12.6. The fraction of sp³-hybridized carbons (Fsp3) is 0.227. The van der Waals surface area contributed by atoms with Crippen LogP contribution < -0.4 is 4.31 Å². The van der Waals surface area contributed by atoms with Gasteiger partial charge in [0.1, 0.15) is 0 Å². The summed E-state index contributed by atoms with van der Waals surface area (Å²) in [7, 11) is 0. The molecule has 0 spiro atoms. The standard InChI is InChI=1S/C22H24N2O3S/c1-3-23(4-2)22(25)20-11-7-8-17(14-20)16-24(28(26)27)21-13-12-18-9-5-6-10-19(18)15-21/h5-15H,3-4,16H2,1-2H3,(H,26,27). The van der Waals surface area contributed by atoms with Gasteiger partial charge in [0.25, 0.3) is 17.2 Å². The Hall–Kier alpha value is -2.70. The number of rotatable bonds is 7. The van der Waals surface area contributed by atoms with Gasteiger partial charge < -0.3 is 4.90 Å². The van der Waals surface area contributed by atoms with Crippen molar-refractivity contribution in [1.82, 2.24) is 4.90 Å². The van der Waals surface area contributed by atoms with Crippen LogP contribution in [0.2, 0.25) is 0 Å². The molecule has 0 bridgehead atoms. The second-order valence-corrected chi connectivity index (χ2v) is 7.38. The lowest BCUT2D eigenvalue weighted by molar-refractivity contribution is 0.0773. The summed E-state index contributed by atoms with van der Waals surface area (Å²) in [6.45, 7) is 5.40. The van der Waals surface area contributed by atoms with E-state index in [1.54, 1.807) is 17.0 Å². The van der Waals surface area contributed by atoms with Crippen LogP contribution >= 0.6 is 0 Å². The molecule has 0 radical (unpaired) electrons. The van der Waals surface area contributed by atoms with Crippen LogP contribution in [-0.4, -0.2) is 32.7 Å². The zero-order valence-electron chi connectivity index (χ0n) is 16.0. The van der Waals surface area contributed by atoms with Gasteiger partial charge in [-0.15, -0.1) is 0 Å². The average molecular weight is 397 g/mol. The number of benzene rings is 3. The SMILES string of the molecule is CCN(CC)C(=O)c1cccc(CN(c2ccc3ccccc3c2)S(=O)O)c1. The Morgan fingerprint density at radius 3 is 2.32 bits per heavy atom. The lowest BCUT2D eigenvalue weighted by Gasteiger charge is -2.22. The summed E-state index contributed by atoms with van der Waals surface area (Å²) in [6, 6.07) is 20.8. The van der Waals surface area contributed by atoms with Crippen molar-refractivity contribution >= 4 is 33.6 Å². The number of hydrogen-bond donors (Lipinski definition) is 1. The highest BCUT2D eigenvalue weighted by Crippen LogP contribution is 2.25. The van der Waals surface area contributed by atoms with Crippen molar-refractivity contribution in [1.29, 1.82) is 0 Å². The van der Waals surface area contributed by atoms with Gasteiger partial charge in [0.2, 0.25) is 0 Å². The number of carbonyl (C=O) groups is 1. The van der Waals surface area contributed by atoms with Crippen LogP contribution in [0, 0.1) is 0 Å². The molecule has 1 amide bonds. The Labute approximate surface area is 168 Å². The smallest absolute Gasteiger partial charge is 0.262 e. The minimum Gasteiger partial charge on any atom is -0.339 e. The van der Waals surface area contributed by atoms with Crippen molar-refractivity contribution in [2.45, 2.75) is 20.4 Å². The molecule has 28 heavy (non-hydrogen) atoms. The third-order valence-corrected chi connectivity index (χ3v) is 5.48. The molecule has 0 saturated carbocycles. The van der Waals surface area contributed by atoms with Crippen LogP contribution in [0.1, 0.15) is 29.8 Å². The van der Waals surface area contributed by atoms with Crippen molar-refractivity contribution in [2.24, 2.45) is 0 Å².